The average molecular weight is 437 g/mol. The van der Waals surface area contributed by atoms with Crippen LogP contribution >= 0.6 is 0 Å². The van der Waals surface area contributed by atoms with E-state index in [4.69, 9.17) is 9.90 Å². The summed E-state index contributed by atoms with van der Waals surface area (Å²) < 4.78 is 35.6. The molecule has 0 aliphatic heterocycles. The monoisotopic (exact) mass is 437 g/mol. The molecule has 166 valence electrons. The van der Waals surface area contributed by atoms with Gasteiger partial charge in [0.1, 0.15) is 5.82 Å². The Morgan fingerprint density at radius 2 is 1.90 bits per heavy atom. The van der Waals surface area contributed by atoms with Gasteiger partial charge in [0, 0.05) is 55.5 Å². The third-order valence-electron chi connectivity index (χ3n) is 4.29. The molecule has 3 rings (SSSR count). The quantitative estimate of drug-likeness (QED) is 0.639. The van der Waals surface area contributed by atoms with Crippen molar-refractivity contribution < 1.29 is 27.9 Å². The Hall–Kier alpha value is -3.63. The van der Waals surface area contributed by atoms with Crippen LogP contribution < -0.4 is 5.32 Å². The van der Waals surface area contributed by atoms with Crippen molar-refractivity contribution in [2.45, 2.75) is 32.5 Å². The third kappa shape index (κ3) is 6.69. The standard InChI is InChI=1S/C18H21N5O.C2HF3O2/c1-13-10-15(23-9-6-19-12-23)4-5-16(13)18(24)21-14(2)11-17-20-7-8-22(17)3;3-2(4,5)1(6)7/h4-10,12,14H,11H2,1-3H3,(H,21,24);(H,6,7). The fourth-order valence-electron chi connectivity index (χ4n) is 2.69. The molecule has 0 aliphatic carbocycles. The van der Waals surface area contributed by atoms with Crippen molar-refractivity contribution in [1.29, 1.82) is 0 Å². The highest BCUT2D eigenvalue weighted by Gasteiger charge is 2.38. The lowest BCUT2D eigenvalue weighted by atomic mass is 10.1. The number of nitrogens with one attached hydrogen (secondary N) is 1. The normalized spacial score (nSPS) is 11.9. The number of imidazole rings is 2. The van der Waals surface area contributed by atoms with Crippen LogP contribution in [0.4, 0.5) is 13.2 Å². The maximum atomic E-state index is 12.5. The molecule has 0 spiro atoms. The number of benzene rings is 1. The number of nitrogens with zero attached hydrogens (tertiary/aromatic N) is 4. The second kappa shape index (κ2) is 9.92. The first-order chi connectivity index (χ1) is 14.5. The van der Waals surface area contributed by atoms with Crippen molar-refractivity contribution >= 4 is 11.9 Å². The summed E-state index contributed by atoms with van der Waals surface area (Å²) in [5.41, 5.74) is 2.61. The van der Waals surface area contributed by atoms with Gasteiger partial charge in [0.2, 0.25) is 0 Å². The number of aliphatic carboxylic acids is 1. The van der Waals surface area contributed by atoms with Gasteiger partial charge in [0.25, 0.3) is 5.91 Å². The van der Waals surface area contributed by atoms with Crippen molar-refractivity contribution in [3.63, 3.8) is 0 Å². The topological polar surface area (TPSA) is 102 Å². The zero-order valence-corrected chi connectivity index (χ0v) is 17.1. The Balaban J connectivity index is 0.000000423. The zero-order chi connectivity index (χ0) is 23.2. The molecule has 0 saturated carbocycles. The van der Waals surface area contributed by atoms with Gasteiger partial charge in [-0.2, -0.15) is 13.2 Å². The van der Waals surface area contributed by atoms with E-state index in [0.717, 1.165) is 17.1 Å². The molecular formula is C20H22F3N5O3. The molecule has 1 amide bonds. The van der Waals surface area contributed by atoms with Gasteiger partial charge in [-0.3, -0.25) is 4.79 Å². The number of aryl methyl sites for hydroxylation is 2. The van der Waals surface area contributed by atoms with Crippen LogP contribution in [-0.4, -0.2) is 48.3 Å². The lowest BCUT2D eigenvalue weighted by Gasteiger charge is -2.15. The van der Waals surface area contributed by atoms with Crippen molar-refractivity contribution in [3.05, 3.63) is 66.3 Å². The highest BCUT2D eigenvalue weighted by Crippen LogP contribution is 2.15. The number of carbonyl (C=O) groups excluding carboxylic acids is 1. The van der Waals surface area contributed by atoms with Gasteiger partial charge in [-0.05, 0) is 37.6 Å². The van der Waals surface area contributed by atoms with E-state index in [0.29, 0.717) is 12.0 Å². The van der Waals surface area contributed by atoms with Crippen molar-refractivity contribution in [2.75, 3.05) is 0 Å². The minimum atomic E-state index is -5.08. The van der Waals surface area contributed by atoms with Gasteiger partial charge in [-0.1, -0.05) is 0 Å². The Kier molecular flexibility index (Phi) is 7.56. The highest BCUT2D eigenvalue weighted by atomic mass is 19.4. The van der Waals surface area contributed by atoms with E-state index >= 15 is 0 Å². The largest absolute Gasteiger partial charge is 0.490 e. The maximum Gasteiger partial charge on any atom is 0.490 e. The van der Waals surface area contributed by atoms with Crippen LogP contribution in [0.5, 0.6) is 0 Å². The fourth-order valence-corrected chi connectivity index (χ4v) is 2.69. The molecule has 1 atom stereocenters. The number of carbonyl (C=O) groups is 2. The van der Waals surface area contributed by atoms with Crippen molar-refractivity contribution in [3.8, 4) is 5.69 Å². The fraction of sp³-hybridized carbons (Fsp3) is 0.300. The lowest BCUT2D eigenvalue weighted by Crippen LogP contribution is -2.35. The van der Waals surface area contributed by atoms with Gasteiger partial charge in [-0.15, -0.1) is 0 Å². The molecule has 0 fully saturated rings. The summed E-state index contributed by atoms with van der Waals surface area (Å²) >= 11 is 0. The second-order valence-electron chi connectivity index (χ2n) is 6.81. The van der Waals surface area contributed by atoms with Crippen LogP contribution in [0.1, 0.15) is 28.7 Å². The summed E-state index contributed by atoms with van der Waals surface area (Å²) in [6, 6.07) is 5.77. The summed E-state index contributed by atoms with van der Waals surface area (Å²) in [7, 11) is 1.95. The Bertz CT molecular complexity index is 1030. The lowest BCUT2D eigenvalue weighted by molar-refractivity contribution is -0.192. The number of carboxylic acid groups (broad SMARTS) is 1. The molecule has 0 saturated heterocycles. The van der Waals surface area contributed by atoms with Crippen LogP contribution in [0, 0.1) is 6.92 Å². The first-order valence-corrected chi connectivity index (χ1v) is 9.15. The van der Waals surface area contributed by atoms with Gasteiger partial charge in [0.15, 0.2) is 0 Å². The highest BCUT2D eigenvalue weighted by molar-refractivity contribution is 5.96. The van der Waals surface area contributed by atoms with Gasteiger partial charge < -0.3 is 19.6 Å². The van der Waals surface area contributed by atoms with E-state index in [1.165, 1.54) is 0 Å². The molecule has 31 heavy (non-hydrogen) atoms. The molecule has 0 radical (unpaired) electrons. The van der Waals surface area contributed by atoms with Crippen LogP contribution in [0.25, 0.3) is 5.69 Å². The number of carboxylic acids is 1. The Labute approximate surface area is 176 Å². The summed E-state index contributed by atoms with van der Waals surface area (Å²) in [5.74, 6) is -1.87. The van der Waals surface area contributed by atoms with Crippen molar-refractivity contribution in [1.82, 2.24) is 24.4 Å². The van der Waals surface area contributed by atoms with Crippen LogP contribution in [0.15, 0.2) is 49.3 Å². The Morgan fingerprint density at radius 1 is 1.23 bits per heavy atom. The number of rotatable bonds is 5. The SMILES string of the molecule is Cc1cc(-n2ccnc2)ccc1C(=O)NC(C)Cc1nccn1C.O=C(O)C(F)(F)F. The van der Waals surface area contributed by atoms with E-state index in [1.807, 2.05) is 60.6 Å². The second-order valence-corrected chi connectivity index (χ2v) is 6.81. The predicted octanol–water partition coefficient (Wildman–Crippen LogP) is 2.91. The first kappa shape index (κ1) is 23.6. The minimum Gasteiger partial charge on any atom is -0.475 e. The van der Waals surface area contributed by atoms with Gasteiger partial charge in [0.05, 0.1) is 6.33 Å². The number of amides is 1. The molecule has 2 aromatic heterocycles. The smallest absolute Gasteiger partial charge is 0.475 e. The van der Waals surface area contributed by atoms with Crippen LogP contribution in [0.2, 0.25) is 0 Å². The van der Waals surface area contributed by atoms with E-state index in [2.05, 4.69) is 15.3 Å². The molecule has 3 aromatic rings. The minimum absolute atomic E-state index is 0.00586. The molecule has 0 bridgehead atoms. The summed E-state index contributed by atoms with van der Waals surface area (Å²) in [6.07, 6.45) is 4.63. The van der Waals surface area contributed by atoms with Crippen LogP contribution in [-0.2, 0) is 18.3 Å². The van der Waals surface area contributed by atoms with Gasteiger partial charge in [-0.25, -0.2) is 14.8 Å². The number of aromatic nitrogens is 4. The van der Waals surface area contributed by atoms with E-state index in [9.17, 15) is 18.0 Å². The molecule has 8 nitrogen and oxygen atoms in total. The first-order valence-electron chi connectivity index (χ1n) is 9.15. The summed E-state index contributed by atoms with van der Waals surface area (Å²) in [6.45, 7) is 3.93. The number of hydrogen-bond donors (Lipinski definition) is 2. The number of halogens is 3. The van der Waals surface area contributed by atoms with Crippen LogP contribution in [0.3, 0.4) is 0 Å². The maximum absolute atomic E-state index is 12.5. The molecule has 11 heteroatoms. The summed E-state index contributed by atoms with van der Waals surface area (Å²) in [5, 5.41) is 10.2. The summed E-state index contributed by atoms with van der Waals surface area (Å²) in [4.78, 5) is 29.8. The molecule has 2 heterocycles. The predicted molar refractivity (Wildman–Crippen MR) is 106 cm³/mol. The molecule has 0 aliphatic rings. The van der Waals surface area contributed by atoms with E-state index in [1.54, 1.807) is 18.7 Å². The number of hydrogen-bond acceptors (Lipinski definition) is 4. The van der Waals surface area contributed by atoms with Gasteiger partial charge >= 0.3 is 12.1 Å². The molecule has 2 N–H and O–H groups in total. The average Bonchev–Trinajstić information content (AvgIpc) is 3.33. The van der Waals surface area contributed by atoms with E-state index in [-0.39, 0.29) is 11.9 Å². The number of alkyl halides is 3. The molecule has 1 aromatic carbocycles. The van der Waals surface area contributed by atoms with Crippen molar-refractivity contribution in [2.24, 2.45) is 7.05 Å². The van der Waals surface area contributed by atoms with E-state index < -0.39 is 12.1 Å². The Morgan fingerprint density at radius 3 is 2.39 bits per heavy atom. The molecule has 1 unspecified atom stereocenters. The zero-order valence-electron chi connectivity index (χ0n) is 17.1. The molecular weight excluding hydrogens is 415 g/mol. The third-order valence-corrected chi connectivity index (χ3v) is 4.29.